The number of methoxy groups -OCH3 is 1. The van der Waals surface area contributed by atoms with Crippen LogP contribution < -0.4 is 20.3 Å². The highest BCUT2D eigenvalue weighted by atomic mass is 19.4. The number of hydrogen-bond donors (Lipinski definition) is 3. The number of anilines is 4. The number of ether oxygens (including phenoxy) is 1. The topological polar surface area (TPSA) is 108 Å². The number of carbonyl (C=O) groups excluding carboxylic acids is 1. The van der Waals surface area contributed by atoms with Gasteiger partial charge in [-0.2, -0.15) is 23.3 Å². The predicted octanol–water partition coefficient (Wildman–Crippen LogP) is 5.61. The first-order valence-electron chi connectivity index (χ1n) is 12.2. The molecule has 2 heterocycles. The Bertz CT molecular complexity index is 1480. The Hall–Kier alpha value is -4.61. The number of nitrogens with one attached hydrogen (secondary N) is 3. The predicted molar refractivity (Wildman–Crippen MR) is 141 cm³/mol. The van der Waals surface area contributed by atoms with Crippen LogP contribution in [0.4, 0.5) is 36.4 Å². The fourth-order valence-corrected chi connectivity index (χ4v) is 4.35. The zero-order valence-corrected chi connectivity index (χ0v) is 21.4. The molecule has 0 unspecified atom stereocenters. The standard InChI is InChI=1S/C27H26F3N7O2/c1-15-12-21(22(39-3)13-19(15)16-4-6-17(7-5-16)25(38)31-2)34-26-32-14-20(27(28,29)30)24(35-26)37(18-8-9-18)23-10-11-33-36-23/h4-7,10-14,18H,8-9H2,1-3H3,(H,31,38)(H,33,36)(H,32,34,35). The molecule has 5 rings (SSSR count). The molecule has 3 N–H and O–H groups in total. The van der Waals surface area contributed by atoms with Crippen LogP contribution in [0.1, 0.15) is 34.3 Å². The van der Waals surface area contributed by atoms with Gasteiger partial charge in [0.15, 0.2) is 5.82 Å². The maximum atomic E-state index is 14.0. The maximum Gasteiger partial charge on any atom is 0.421 e. The number of H-pyrrole nitrogens is 1. The number of alkyl halides is 3. The van der Waals surface area contributed by atoms with Crippen molar-refractivity contribution in [1.82, 2.24) is 25.5 Å². The smallest absolute Gasteiger partial charge is 0.421 e. The lowest BCUT2D eigenvalue weighted by molar-refractivity contribution is -0.137. The molecule has 0 spiro atoms. The van der Waals surface area contributed by atoms with Crippen LogP contribution in [0, 0.1) is 6.92 Å². The Morgan fingerprint density at radius 3 is 2.49 bits per heavy atom. The molecule has 0 radical (unpaired) electrons. The molecule has 0 bridgehead atoms. The summed E-state index contributed by atoms with van der Waals surface area (Å²) >= 11 is 0. The Balaban J connectivity index is 1.50. The zero-order valence-electron chi connectivity index (χ0n) is 21.4. The second-order valence-corrected chi connectivity index (χ2v) is 9.12. The van der Waals surface area contributed by atoms with E-state index in [1.54, 1.807) is 25.2 Å². The quantitative estimate of drug-likeness (QED) is 0.268. The summed E-state index contributed by atoms with van der Waals surface area (Å²) in [6, 6.07) is 12.3. The van der Waals surface area contributed by atoms with E-state index in [2.05, 4.69) is 30.8 Å². The van der Waals surface area contributed by atoms with E-state index in [9.17, 15) is 18.0 Å². The van der Waals surface area contributed by atoms with E-state index in [1.165, 1.54) is 18.2 Å². The molecule has 9 nitrogen and oxygen atoms in total. The largest absolute Gasteiger partial charge is 0.495 e. The minimum Gasteiger partial charge on any atom is -0.495 e. The van der Waals surface area contributed by atoms with Gasteiger partial charge in [-0.05, 0) is 60.7 Å². The van der Waals surface area contributed by atoms with E-state index in [-0.39, 0.29) is 23.7 Å². The first-order valence-corrected chi connectivity index (χ1v) is 12.2. The monoisotopic (exact) mass is 537 g/mol. The van der Waals surface area contributed by atoms with Gasteiger partial charge < -0.3 is 20.3 Å². The molecule has 1 saturated carbocycles. The van der Waals surface area contributed by atoms with Crippen LogP contribution in [0.5, 0.6) is 5.75 Å². The van der Waals surface area contributed by atoms with E-state index in [0.29, 0.717) is 22.8 Å². The summed E-state index contributed by atoms with van der Waals surface area (Å²) in [5.41, 5.74) is 2.70. The van der Waals surface area contributed by atoms with E-state index in [4.69, 9.17) is 4.74 Å². The fourth-order valence-electron chi connectivity index (χ4n) is 4.35. The van der Waals surface area contributed by atoms with Gasteiger partial charge in [0.1, 0.15) is 17.1 Å². The number of halogens is 3. The summed E-state index contributed by atoms with van der Waals surface area (Å²) in [6.07, 6.45) is -0.897. The van der Waals surface area contributed by atoms with Gasteiger partial charge >= 0.3 is 6.18 Å². The van der Waals surface area contributed by atoms with Gasteiger partial charge in [0.25, 0.3) is 5.91 Å². The van der Waals surface area contributed by atoms with Crippen molar-refractivity contribution in [3.8, 4) is 16.9 Å². The first kappa shape index (κ1) is 26.0. The van der Waals surface area contributed by atoms with E-state index in [1.807, 2.05) is 31.2 Å². The molecule has 0 saturated heterocycles. The minimum atomic E-state index is -4.65. The van der Waals surface area contributed by atoms with Crippen molar-refractivity contribution in [2.24, 2.45) is 0 Å². The van der Waals surface area contributed by atoms with Crippen molar-refractivity contribution < 1.29 is 22.7 Å². The average Bonchev–Trinajstić information content (AvgIpc) is 3.60. The molecule has 2 aromatic carbocycles. The second-order valence-electron chi connectivity index (χ2n) is 9.12. The Kier molecular flexibility index (Phi) is 6.85. The van der Waals surface area contributed by atoms with Gasteiger partial charge in [-0.15, -0.1) is 0 Å². The molecule has 1 aliphatic rings. The number of carbonyl (C=O) groups is 1. The summed E-state index contributed by atoms with van der Waals surface area (Å²) in [5, 5.41) is 12.3. The minimum absolute atomic E-state index is 0.0106. The summed E-state index contributed by atoms with van der Waals surface area (Å²) in [4.78, 5) is 21.7. The molecule has 1 fully saturated rings. The third-order valence-corrected chi connectivity index (χ3v) is 6.44. The lowest BCUT2D eigenvalue weighted by Crippen LogP contribution is -2.25. The molecule has 2 aromatic heterocycles. The fraction of sp³-hybridized carbons (Fsp3) is 0.259. The number of amides is 1. The number of aromatic nitrogens is 4. The van der Waals surface area contributed by atoms with Crippen molar-refractivity contribution in [3.63, 3.8) is 0 Å². The van der Waals surface area contributed by atoms with Crippen LogP contribution in [0.15, 0.2) is 54.9 Å². The van der Waals surface area contributed by atoms with Crippen LogP contribution in [-0.4, -0.2) is 46.3 Å². The third kappa shape index (κ3) is 5.35. The van der Waals surface area contributed by atoms with Crippen LogP contribution >= 0.6 is 0 Å². The number of benzene rings is 2. The van der Waals surface area contributed by atoms with Gasteiger partial charge in [-0.1, -0.05) is 12.1 Å². The van der Waals surface area contributed by atoms with Crippen LogP contribution in [0.25, 0.3) is 11.1 Å². The second kappa shape index (κ2) is 10.3. The number of rotatable bonds is 8. The number of aromatic amines is 1. The third-order valence-electron chi connectivity index (χ3n) is 6.44. The highest BCUT2D eigenvalue weighted by Crippen LogP contribution is 2.43. The van der Waals surface area contributed by atoms with Crippen LogP contribution in [0.2, 0.25) is 0 Å². The van der Waals surface area contributed by atoms with E-state index in [0.717, 1.165) is 35.7 Å². The van der Waals surface area contributed by atoms with Crippen molar-refractivity contribution in [2.45, 2.75) is 32.0 Å². The van der Waals surface area contributed by atoms with Gasteiger partial charge in [0.05, 0.1) is 19.0 Å². The summed E-state index contributed by atoms with van der Waals surface area (Å²) in [5.74, 6) is 0.425. The molecule has 39 heavy (non-hydrogen) atoms. The molecule has 12 heteroatoms. The van der Waals surface area contributed by atoms with Crippen molar-refractivity contribution in [1.29, 1.82) is 0 Å². The molecule has 0 atom stereocenters. The molecule has 0 aliphatic heterocycles. The van der Waals surface area contributed by atoms with Crippen LogP contribution in [-0.2, 0) is 6.18 Å². The molecular weight excluding hydrogens is 511 g/mol. The first-order chi connectivity index (χ1) is 18.7. The van der Waals surface area contributed by atoms with E-state index < -0.39 is 11.7 Å². The zero-order chi connectivity index (χ0) is 27.7. The van der Waals surface area contributed by atoms with Crippen molar-refractivity contribution >= 4 is 29.2 Å². The summed E-state index contributed by atoms with van der Waals surface area (Å²) in [6.45, 7) is 1.90. The highest BCUT2D eigenvalue weighted by Gasteiger charge is 2.41. The van der Waals surface area contributed by atoms with Gasteiger partial charge in [0, 0.05) is 30.9 Å². The average molecular weight is 538 g/mol. The summed E-state index contributed by atoms with van der Waals surface area (Å²) in [7, 11) is 3.07. The van der Waals surface area contributed by atoms with Crippen molar-refractivity contribution in [3.05, 3.63) is 71.5 Å². The van der Waals surface area contributed by atoms with Crippen molar-refractivity contribution in [2.75, 3.05) is 24.4 Å². The number of aryl methyl sites for hydroxylation is 1. The highest BCUT2D eigenvalue weighted by molar-refractivity contribution is 5.94. The molecular formula is C27H26F3N7O2. The normalized spacial score (nSPS) is 13.2. The molecule has 1 aliphatic carbocycles. The number of nitrogens with zero attached hydrogens (tertiary/aromatic N) is 4. The Labute approximate surface area is 222 Å². The summed E-state index contributed by atoms with van der Waals surface area (Å²) < 4.78 is 47.5. The molecule has 4 aromatic rings. The van der Waals surface area contributed by atoms with Gasteiger partial charge in [-0.25, -0.2) is 4.98 Å². The maximum absolute atomic E-state index is 14.0. The SMILES string of the molecule is CNC(=O)c1ccc(-c2cc(OC)c(Nc3ncc(C(F)(F)F)c(N(c4ccn[nH]4)C4CC4)n3)cc2C)cc1. The lowest BCUT2D eigenvalue weighted by Gasteiger charge is -2.25. The van der Waals surface area contributed by atoms with Gasteiger partial charge in [-0.3, -0.25) is 9.89 Å². The Morgan fingerprint density at radius 2 is 1.90 bits per heavy atom. The Morgan fingerprint density at radius 1 is 1.15 bits per heavy atom. The van der Waals surface area contributed by atoms with E-state index >= 15 is 0 Å². The molecule has 202 valence electrons. The molecule has 1 amide bonds. The lowest BCUT2D eigenvalue weighted by atomic mass is 9.98. The van der Waals surface area contributed by atoms with Gasteiger partial charge in [0.2, 0.25) is 5.95 Å². The number of hydrogen-bond acceptors (Lipinski definition) is 7. The van der Waals surface area contributed by atoms with Crippen LogP contribution in [0.3, 0.4) is 0 Å².